The maximum absolute atomic E-state index is 8.02. The molecule has 0 unspecified atom stereocenters. The van der Waals surface area contributed by atoms with Gasteiger partial charge in [-0.1, -0.05) is 6.92 Å². The Kier molecular flexibility index (Phi) is 5.87. The minimum Gasteiger partial charge on any atom is -0.430 e. The van der Waals surface area contributed by atoms with Gasteiger partial charge in [0.2, 0.25) is 0 Å². The minimum atomic E-state index is -1.19. The Morgan fingerprint density at radius 3 is 2.18 bits per heavy atom. The summed E-state index contributed by atoms with van der Waals surface area (Å²) in [4.78, 5) is 0. The summed E-state index contributed by atoms with van der Waals surface area (Å²) in [6.45, 7) is 2.27. The molecule has 0 saturated heterocycles. The maximum Gasteiger partial charge on any atom is 0.808 e. The van der Waals surface area contributed by atoms with E-state index in [1.807, 2.05) is 6.92 Å². The van der Waals surface area contributed by atoms with Crippen LogP contribution in [0.2, 0.25) is 0 Å². The van der Waals surface area contributed by atoms with Gasteiger partial charge in [-0.05, 0) is 6.42 Å². The lowest BCUT2D eigenvalue weighted by molar-refractivity contribution is 0.177. The van der Waals surface area contributed by atoms with E-state index >= 15 is 0 Å². The fraction of sp³-hybridized carbons (Fsp3) is 0.600. The molecule has 0 saturated carbocycles. The fourth-order valence-electron chi connectivity index (χ4n) is 0.392. The van der Waals surface area contributed by atoms with Crippen LogP contribution in [0.25, 0.3) is 0 Å². The molecule has 0 heterocycles. The first-order chi connectivity index (χ1) is 5.35. The minimum absolute atomic E-state index is 0.383. The molecular formula is C5H7BN2O3. The van der Waals surface area contributed by atoms with Crippen molar-refractivity contribution in [1.82, 2.24) is 0 Å². The summed E-state index contributed by atoms with van der Waals surface area (Å²) in [6, 6.07) is 0. The van der Waals surface area contributed by atoms with Crippen LogP contribution in [0.15, 0.2) is 0 Å². The molecule has 0 aliphatic carbocycles. The summed E-state index contributed by atoms with van der Waals surface area (Å²) in [7, 11) is -1.19. The highest BCUT2D eigenvalue weighted by molar-refractivity contribution is 6.37. The highest BCUT2D eigenvalue weighted by Gasteiger charge is 2.25. The van der Waals surface area contributed by atoms with Gasteiger partial charge in [0, 0.05) is 6.61 Å². The summed E-state index contributed by atoms with van der Waals surface area (Å²) in [6.07, 6.45) is 3.48. The standard InChI is InChI=1S/C5H7BN2O3/c1-2-3-9-6(10-4-7)11-5-8/h2-3H2,1H3. The predicted octanol–water partition coefficient (Wildman–Crippen LogP) is 0.393. The number of nitriles is 2. The molecule has 0 aliphatic rings. The third kappa shape index (κ3) is 5.07. The third-order valence-corrected chi connectivity index (χ3v) is 0.756. The first-order valence-electron chi connectivity index (χ1n) is 3.06. The first kappa shape index (κ1) is 9.60. The van der Waals surface area contributed by atoms with Crippen LogP contribution in [0.1, 0.15) is 13.3 Å². The van der Waals surface area contributed by atoms with E-state index in [2.05, 4.69) is 9.31 Å². The van der Waals surface area contributed by atoms with Gasteiger partial charge < -0.3 is 14.0 Å². The van der Waals surface area contributed by atoms with Gasteiger partial charge in [0.05, 0.1) is 0 Å². The van der Waals surface area contributed by atoms with Crippen molar-refractivity contribution in [2.24, 2.45) is 0 Å². The van der Waals surface area contributed by atoms with Crippen LogP contribution < -0.4 is 0 Å². The number of rotatable bonds is 5. The molecule has 0 amide bonds. The molecule has 0 atom stereocenters. The molecule has 0 aliphatic heterocycles. The van der Waals surface area contributed by atoms with Crippen LogP contribution in [0.5, 0.6) is 0 Å². The molecular weight excluding hydrogens is 147 g/mol. The summed E-state index contributed by atoms with van der Waals surface area (Å²) in [5.74, 6) is 0. The average molecular weight is 154 g/mol. The normalized spacial score (nSPS) is 7.55. The Bertz CT molecular complexity index is 158. The lowest BCUT2D eigenvalue weighted by atomic mass is 10.2. The molecule has 0 aromatic heterocycles. The van der Waals surface area contributed by atoms with Crippen LogP contribution in [-0.2, 0) is 14.0 Å². The molecule has 0 bridgehead atoms. The van der Waals surface area contributed by atoms with Crippen LogP contribution in [0, 0.1) is 23.0 Å². The van der Waals surface area contributed by atoms with Gasteiger partial charge in [-0.15, -0.1) is 0 Å². The Morgan fingerprint density at radius 1 is 1.27 bits per heavy atom. The van der Waals surface area contributed by atoms with Gasteiger partial charge in [0.25, 0.3) is 12.5 Å². The molecule has 0 N–H and O–H groups in total. The quantitative estimate of drug-likeness (QED) is 0.422. The van der Waals surface area contributed by atoms with E-state index in [0.717, 1.165) is 6.42 Å². The molecule has 5 nitrogen and oxygen atoms in total. The second kappa shape index (κ2) is 6.72. The van der Waals surface area contributed by atoms with Crippen LogP contribution >= 0.6 is 0 Å². The number of hydrogen-bond donors (Lipinski definition) is 0. The van der Waals surface area contributed by atoms with Crippen molar-refractivity contribution < 1.29 is 14.0 Å². The van der Waals surface area contributed by atoms with Gasteiger partial charge >= 0.3 is 7.32 Å². The van der Waals surface area contributed by atoms with Crippen molar-refractivity contribution in [3.05, 3.63) is 0 Å². The van der Waals surface area contributed by atoms with E-state index in [9.17, 15) is 0 Å². The Balaban J connectivity index is 3.54. The van der Waals surface area contributed by atoms with Crippen molar-refractivity contribution >= 4 is 7.32 Å². The lowest BCUT2D eigenvalue weighted by Gasteiger charge is -2.03. The molecule has 11 heavy (non-hydrogen) atoms. The average Bonchev–Trinajstić information content (AvgIpc) is 2.01. The largest absolute Gasteiger partial charge is 0.808 e. The SMILES string of the molecule is CCCOB(OC#N)OC#N. The van der Waals surface area contributed by atoms with E-state index in [1.165, 1.54) is 12.5 Å². The molecule has 0 aromatic rings. The van der Waals surface area contributed by atoms with Crippen LogP contribution in [-0.4, -0.2) is 13.9 Å². The summed E-state index contributed by atoms with van der Waals surface area (Å²) >= 11 is 0. The zero-order chi connectivity index (χ0) is 8.53. The topological polar surface area (TPSA) is 75.3 Å². The van der Waals surface area contributed by atoms with E-state index < -0.39 is 7.32 Å². The summed E-state index contributed by atoms with van der Waals surface area (Å²) in [5.41, 5.74) is 0. The predicted molar refractivity (Wildman–Crippen MR) is 35.4 cm³/mol. The molecule has 0 spiro atoms. The molecule has 58 valence electrons. The van der Waals surface area contributed by atoms with Gasteiger partial charge in [0.1, 0.15) is 0 Å². The first-order valence-corrected chi connectivity index (χ1v) is 3.06. The Hall–Kier alpha value is -1.40. The zero-order valence-electron chi connectivity index (χ0n) is 6.11. The number of nitrogens with zero attached hydrogens (tertiary/aromatic N) is 2. The van der Waals surface area contributed by atoms with Gasteiger partial charge in [-0.3, -0.25) is 0 Å². The second-order valence-corrected chi connectivity index (χ2v) is 1.58. The van der Waals surface area contributed by atoms with Crippen molar-refractivity contribution in [2.75, 3.05) is 6.61 Å². The summed E-state index contributed by atoms with van der Waals surface area (Å²) < 4.78 is 13.2. The van der Waals surface area contributed by atoms with E-state index in [1.54, 1.807) is 0 Å². The third-order valence-electron chi connectivity index (χ3n) is 0.756. The lowest BCUT2D eigenvalue weighted by Crippen LogP contribution is -2.23. The smallest absolute Gasteiger partial charge is 0.430 e. The second-order valence-electron chi connectivity index (χ2n) is 1.58. The van der Waals surface area contributed by atoms with Crippen molar-refractivity contribution in [3.63, 3.8) is 0 Å². The monoisotopic (exact) mass is 154 g/mol. The molecule has 0 rings (SSSR count). The van der Waals surface area contributed by atoms with Crippen molar-refractivity contribution in [1.29, 1.82) is 10.5 Å². The highest BCUT2D eigenvalue weighted by atomic mass is 16.7. The molecule has 6 heteroatoms. The highest BCUT2D eigenvalue weighted by Crippen LogP contribution is 1.91. The Labute approximate surface area is 65.3 Å². The fourth-order valence-corrected chi connectivity index (χ4v) is 0.392. The van der Waals surface area contributed by atoms with Crippen molar-refractivity contribution in [2.45, 2.75) is 13.3 Å². The Morgan fingerprint density at radius 2 is 1.82 bits per heavy atom. The van der Waals surface area contributed by atoms with Gasteiger partial charge in [0.15, 0.2) is 0 Å². The molecule has 0 fully saturated rings. The number of hydrogen-bond acceptors (Lipinski definition) is 5. The zero-order valence-corrected chi connectivity index (χ0v) is 6.11. The van der Waals surface area contributed by atoms with Gasteiger partial charge in [-0.2, -0.15) is 10.5 Å². The van der Waals surface area contributed by atoms with E-state index in [4.69, 9.17) is 15.2 Å². The van der Waals surface area contributed by atoms with Crippen molar-refractivity contribution in [3.8, 4) is 12.5 Å². The summed E-state index contributed by atoms with van der Waals surface area (Å²) in [5, 5.41) is 16.0. The van der Waals surface area contributed by atoms with Crippen LogP contribution in [0.4, 0.5) is 0 Å². The van der Waals surface area contributed by atoms with Crippen LogP contribution in [0.3, 0.4) is 0 Å². The van der Waals surface area contributed by atoms with Gasteiger partial charge in [-0.25, -0.2) is 0 Å². The molecule has 0 radical (unpaired) electrons. The molecule has 0 aromatic carbocycles. The van der Waals surface area contributed by atoms with E-state index in [-0.39, 0.29) is 0 Å². The van der Waals surface area contributed by atoms with E-state index in [0.29, 0.717) is 6.61 Å². The maximum atomic E-state index is 8.02.